The van der Waals surface area contributed by atoms with Gasteiger partial charge in [0.25, 0.3) is 0 Å². The van der Waals surface area contributed by atoms with Crippen molar-refractivity contribution >= 4 is 12.1 Å². The highest BCUT2D eigenvalue weighted by Crippen LogP contribution is 2.55. The smallest absolute Gasteiger partial charge is 0.163 e. The fourth-order valence-corrected chi connectivity index (χ4v) is 3.42. The minimum Gasteiger partial charge on any atom is -0.303 e. The lowest BCUT2D eigenvalue weighted by Crippen LogP contribution is -2.32. The molecule has 0 bridgehead atoms. The number of benzene rings is 1. The van der Waals surface area contributed by atoms with E-state index in [2.05, 4.69) is 0 Å². The molecular weight excluding hydrogens is 234 g/mol. The Morgan fingerprint density at radius 2 is 2.06 bits per heavy atom. The predicted octanol–water partition coefficient (Wildman–Crippen LogP) is 3.93. The lowest BCUT2D eigenvalue weighted by atomic mass is 9.67. The van der Waals surface area contributed by atoms with Crippen LogP contribution in [0.25, 0.3) is 5.83 Å². The molecule has 1 saturated carbocycles. The number of halogens is 2. The Morgan fingerprint density at radius 3 is 2.83 bits per heavy atom. The van der Waals surface area contributed by atoms with Gasteiger partial charge >= 0.3 is 0 Å². The van der Waals surface area contributed by atoms with Crippen molar-refractivity contribution in [1.29, 1.82) is 0 Å². The van der Waals surface area contributed by atoms with Gasteiger partial charge in [-0.2, -0.15) is 0 Å². The third-order valence-electron chi connectivity index (χ3n) is 4.27. The van der Waals surface area contributed by atoms with Crippen molar-refractivity contribution in [2.45, 2.75) is 31.1 Å². The molecule has 18 heavy (non-hydrogen) atoms. The minimum absolute atomic E-state index is 0.163. The largest absolute Gasteiger partial charge is 0.303 e. The predicted molar refractivity (Wildman–Crippen MR) is 65.3 cm³/mol. The fourth-order valence-electron chi connectivity index (χ4n) is 3.42. The maximum atomic E-state index is 14.3. The van der Waals surface area contributed by atoms with Gasteiger partial charge in [0.15, 0.2) is 5.83 Å². The number of rotatable bonds is 1. The molecule has 2 aliphatic carbocycles. The van der Waals surface area contributed by atoms with Gasteiger partial charge < -0.3 is 4.79 Å². The standard InChI is InChI=1S/C15H14F2O/c16-13-11-5-1-2-6-12(11)15(14(13)17)7-3-4-10(8-15)9-18/h1-2,5-6,9-10H,3-4,7-8H2/t10?,15-/m1/s1. The van der Waals surface area contributed by atoms with Crippen LogP contribution in [0.15, 0.2) is 30.1 Å². The van der Waals surface area contributed by atoms with E-state index in [1.165, 1.54) is 0 Å². The molecule has 3 heteroatoms. The van der Waals surface area contributed by atoms with E-state index in [-0.39, 0.29) is 5.92 Å². The van der Waals surface area contributed by atoms with Crippen LogP contribution in [0.5, 0.6) is 0 Å². The summed E-state index contributed by atoms with van der Waals surface area (Å²) in [6.45, 7) is 0. The molecule has 0 N–H and O–H groups in total. The molecule has 1 spiro atoms. The molecule has 3 rings (SSSR count). The maximum absolute atomic E-state index is 14.3. The summed E-state index contributed by atoms with van der Waals surface area (Å²) < 4.78 is 28.3. The first-order chi connectivity index (χ1) is 8.69. The summed E-state index contributed by atoms with van der Waals surface area (Å²) in [7, 11) is 0. The highest BCUT2D eigenvalue weighted by Gasteiger charge is 2.49. The Kier molecular flexibility index (Phi) is 2.58. The van der Waals surface area contributed by atoms with Crippen LogP contribution in [0.2, 0.25) is 0 Å². The molecule has 0 aromatic heterocycles. The van der Waals surface area contributed by atoms with Crippen molar-refractivity contribution in [3.8, 4) is 0 Å². The number of fused-ring (bicyclic) bond motifs is 2. The van der Waals surface area contributed by atoms with Gasteiger partial charge in [-0.05, 0) is 24.8 Å². The Morgan fingerprint density at radius 1 is 1.28 bits per heavy atom. The van der Waals surface area contributed by atoms with Crippen molar-refractivity contribution in [3.05, 3.63) is 41.2 Å². The first kappa shape index (κ1) is 11.6. The van der Waals surface area contributed by atoms with Gasteiger partial charge in [-0.3, -0.25) is 0 Å². The first-order valence-electron chi connectivity index (χ1n) is 6.30. The molecule has 0 amide bonds. The number of allylic oxidation sites excluding steroid dienone is 1. The maximum Gasteiger partial charge on any atom is 0.163 e. The summed E-state index contributed by atoms with van der Waals surface area (Å²) in [5.74, 6) is -1.57. The van der Waals surface area contributed by atoms with Crippen LogP contribution >= 0.6 is 0 Å². The molecule has 2 aliphatic rings. The lowest BCUT2D eigenvalue weighted by molar-refractivity contribution is -0.112. The van der Waals surface area contributed by atoms with Crippen LogP contribution in [0, 0.1) is 5.92 Å². The van der Waals surface area contributed by atoms with Crippen LogP contribution in [-0.2, 0) is 10.2 Å². The van der Waals surface area contributed by atoms with Gasteiger partial charge in [0.1, 0.15) is 12.1 Å². The van der Waals surface area contributed by atoms with E-state index in [1.807, 2.05) is 0 Å². The van der Waals surface area contributed by atoms with Crippen LogP contribution in [0.1, 0.15) is 36.8 Å². The van der Waals surface area contributed by atoms with Crippen molar-refractivity contribution in [2.24, 2.45) is 5.92 Å². The van der Waals surface area contributed by atoms with Gasteiger partial charge in [0.2, 0.25) is 0 Å². The fraction of sp³-hybridized carbons (Fsp3) is 0.400. The Balaban J connectivity index is 2.14. The number of hydrogen-bond donors (Lipinski definition) is 0. The molecule has 1 unspecified atom stereocenters. The number of carbonyl (C=O) groups excluding carboxylic acids is 1. The number of aldehydes is 1. The summed E-state index contributed by atoms with van der Waals surface area (Å²) in [6, 6.07) is 6.92. The molecule has 2 atom stereocenters. The van der Waals surface area contributed by atoms with Crippen molar-refractivity contribution in [1.82, 2.24) is 0 Å². The third-order valence-corrected chi connectivity index (χ3v) is 4.27. The van der Waals surface area contributed by atoms with Crippen molar-refractivity contribution in [3.63, 3.8) is 0 Å². The SMILES string of the molecule is O=CC1CCC[C@]2(C1)C(F)=C(F)c1ccccc12. The monoisotopic (exact) mass is 248 g/mol. The van der Waals surface area contributed by atoms with Crippen molar-refractivity contribution < 1.29 is 13.6 Å². The van der Waals surface area contributed by atoms with Gasteiger partial charge in [-0.25, -0.2) is 8.78 Å². The zero-order chi connectivity index (χ0) is 12.8. The van der Waals surface area contributed by atoms with Gasteiger partial charge in [0.05, 0.1) is 5.41 Å². The minimum atomic E-state index is -0.884. The number of carbonyl (C=O) groups is 1. The van der Waals surface area contributed by atoms with E-state index in [0.717, 1.165) is 19.1 Å². The molecule has 1 nitrogen and oxygen atoms in total. The average Bonchev–Trinajstić information content (AvgIpc) is 2.63. The van der Waals surface area contributed by atoms with Crippen molar-refractivity contribution in [2.75, 3.05) is 0 Å². The zero-order valence-electron chi connectivity index (χ0n) is 9.96. The van der Waals surface area contributed by atoms with E-state index in [1.54, 1.807) is 24.3 Å². The normalized spacial score (nSPS) is 30.7. The highest BCUT2D eigenvalue weighted by atomic mass is 19.2. The molecule has 1 fully saturated rings. The first-order valence-corrected chi connectivity index (χ1v) is 6.30. The summed E-state index contributed by atoms with van der Waals surface area (Å²) >= 11 is 0. The van der Waals surface area contributed by atoms with Crippen LogP contribution in [-0.4, -0.2) is 6.29 Å². The Labute approximate surface area is 105 Å². The van der Waals surface area contributed by atoms with Gasteiger partial charge in [-0.1, -0.05) is 30.7 Å². The molecule has 0 saturated heterocycles. The second kappa shape index (κ2) is 4.01. The second-order valence-corrected chi connectivity index (χ2v) is 5.25. The Hall–Kier alpha value is -1.51. The second-order valence-electron chi connectivity index (χ2n) is 5.25. The van der Waals surface area contributed by atoms with Gasteiger partial charge in [-0.15, -0.1) is 0 Å². The lowest BCUT2D eigenvalue weighted by Gasteiger charge is -2.36. The van der Waals surface area contributed by atoms with E-state index in [9.17, 15) is 13.6 Å². The zero-order valence-corrected chi connectivity index (χ0v) is 9.96. The molecule has 0 aliphatic heterocycles. The van der Waals surface area contributed by atoms with Crippen LogP contribution < -0.4 is 0 Å². The number of hydrogen-bond acceptors (Lipinski definition) is 1. The molecule has 1 aromatic rings. The molecular formula is C15H14F2O. The summed E-state index contributed by atoms with van der Waals surface area (Å²) in [5.41, 5.74) is 0.193. The van der Waals surface area contributed by atoms with E-state index in [4.69, 9.17) is 0 Å². The van der Waals surface area contributed by atoms with Crippen LogP contribution in [0.3, 0.4) is 0 Å². The summed E-state index contributed by atoms with van der Waals surface area (Å²) in [5, 5.41) is 0. The molecule has 0 radical (unpaired) electrons. The molecule has 1 aromatic carbocycles. The van der Waals surface area contributed by atoms with Crippen LogP contribution in [0.4, 0.5) is 8.78 Å². The average molecular weight is 248 g/mol. The topological polar surface area (TPSA) is 17.1 Å². The highest BCUT2D eigenvalue weighted by molar-refractivity contribution is 5.75. The summed E-state index contributed by atoms with van der Waals surface area (Å²) in [6.07, 6.45) is 3.41. The third kappa shape index (κ3) is 1.39. The van der Waals surface area contributed by atoms with E-state index < -0.39 is 17.1 Å². The van der Waals surface area contributed by atoms with E-state index in [0.29, 0.717) is 24.0 Å². The quantitative estimate of drug-likeness (QED) is 0.688. The van der Waals surface area contributed by atoms with Gasteiger partial charge in [0, 0.05) is 11.5 Å². The molecule has 94 valence electrons. The van der Waals surface area contributed by atoms with E-state index >= 15 is 0 Å². The molecule has 0 heterocycles. The summed E-state index contributed by atoms with van der Waals surface area (Å²) in [4.78, 5) is 11.0. The Bertz CT molecular complexity index is 535.